The zero-order valence-corrected chi connectivity index (χ0v) is 17.6. The summed E-state index contributed by atoms with van der Waals surface area (Å²) in [5.41, 5.74) is -2.58. The second-order valence-electron chi connectivity index (χ2n) is 5.44. The molecular formula is C16H23ClNO4PS2. The van der Waals surface area contributed by atoms with Crippen molar-refractivity contribution in [1.82, 2.24) is 5.32 Å². The van der Waals surface area contributed by atoms with Crippen LogP contribution in [0.25, 0.3) is 0 Å². The summed E-state index contributed by atoms with van der Waals surface area (Å²) in [5.74, 6) is 0.266. The second kappa shape index (κ2) is 9.70. The first-order valence-electron chi connectivity index (χ1n) is 8.14. The highest BCUT2D eigenvalue weighted by atomic mass is 35.5. The minimum atomic E-state index is -2.48. The summed E-state index contributed by atoms with van der Waals surface area (Å²) < 4.78 is 17.4. The molecule has 140 valence electrons. The molecule has 0 spiro atoms. The van der Waals surface area contributed by atoms with Gasteiger partial charge in [-0.3, -0.25) is 4.79 Å². The van der Waals surface area contributed by atoms with E-state index in [1.807, 2.05) is 32.0 Å². The van der Waals surface area contributed by atoms with Gasteiger partial charge in [0.25, 0.3) is 5.91 Å². The normalized spacial score (nSPS) is 20.7. The van der Waals surface area contributed by atoms with Crippen LogP contribution in [0, 0.1) is 0 Å². The Morgan fingerprint density at radius 2 is 2.00 bits per heavy atom. The summed E-state index contributed by atoms with van der Waals surface area (Å²) >= 11 is 13.1. The van der Waals surface area contributed by atoms with Gasteiger partial charge in [0.2, 0.25) is 5.69 Å². The highest BCUT2D eigenvalue weighted by molar-refractivity contribution is 8.67. The van der Waals surface area contributed by atoms with Gasteiger partial charge >= 0.3 is 0 Å². The Labute approximate surface area is 163 Å². The predicted octanol–water partition coefficient (Wildman–Crippen LogP) is 4.15. The first kappa shape index (κ1) is 21.2. The molecule has 0 bridgehead atoms. The number of hydrogen-bond acceptors (Lipinski definition) is 6. The van der Waals surface area contributed by atoms with Gasteiger partial charge in [-0.25, -0.2) is 0 Å². The fourth-order valence-corrected chi connectivity index (χ4v) is 7.47. The molecule has 0 aliphatic carbocycles. The zero-order valence-electron chi connectivity index (χ0n) is 14.3. The molecule has 25 heavy (non-hydrogen) atoms. The average molecular weight is 424 g/mol. The Bertz CT molecular complexity index is 638. The Hall–Kier alpha value is -0.140. The number of ether oxygens (including phenoxy) is 1. The molecule has 2 rings (SSSR count). The maximum atomic E-state index is 12.4. The van der Waals surface area contributed by atoms with Gasteiger partial charge in [-0.15, -0.1) is 0 Å². The maximum Gasteiger partial charge on any atom is 0.253 e. The van der Waals surface area contributed by atoms with Crippen LogP contribution in [0.2, 0.25) is 5.02 Å². The zero-order chi connectivity index (χ0) is 18.3. The van der Waals surface area contributed by atoms with E-state index in [0.717, 1.165) is 5.56 Å². The molecule has 1 aromatic rings. The van der Waals surface area contributed by atoms with Gasteiger partial charge in [-0.05, 0) is 37.3 Å². The van der Waals surface area contributed by atoms with Gasteiger partial charge in [0.05, 0.1) is 19.8 Å². The first-order valence-corrected chi connectivity index (χ1v) is 12.7. The summed E-state index contributed by atoms with van der Waals surface area (Å²) in [6.45, 7) is 5.56. The van der Waals surface area contributed by atoms with E-state index in [0.29, 0.717) is 37.0 Å². The number of amides is 1. The van der Waals surface area contributed by atoms with Crippen molar-refractivity contribution in [2.75, 3.05) is 25.5 Å². The van der Waals surface area contributed by atoms with E-state index in [-0.39, 0.29) is 12.5 Å². The van der Waals surface area contributed by atoms with Crippen LogP contribution >= 0.6 is 28.7 Å². The molecule has 1 unspecified atom stereocenters. The number of halogens is 1. The molecule has 1 fully saturated rings. The third kappa shape index (κ3) is 5.67. The van der Waals surface area contributed by atoms with Crippen molar-refractivity contribution in [2.45, 2.75) is 32.5 Å². The number of hydrogen-bond donors (Lipinski definition) is 1. The van der Waals surface area contributed by atoms with Gasteiger partial charge in [0, 0.05) is 23.7 Å². The van der Waals surface area contributed by atoms with Gasteiger partial charge in [0.1, 0.15) is 0 Å². The van der Waals surface area contributed by atoms with Crippen molar-refractivity contribution in [2.24, 2.45) is 0 Å². The van der Waals surface area contributed by atoms with E-state index >= 15 is 0 Å². The van der Waals surface area contributed by atoms with Crippen LogP contribution in [0.1, 0.15) is 25.8 Å². The summed E-state index contributed by atoms with van der Waals surface area (Å²) in [4.78, 5) is 12.4. The van der Waals surface area contributed by atoms with Crippen LogP contribution in [0.5, 0.6) is 0 Å². The largest absolute Gasteiger partial charge is 0.359 e. The average Bonchev–Trinajstić information content (AvgIpc) is 2.94. The van der Waals surface area contributed by atoms with E-state index in [1.54, 1.807) is 6.07 Å². The van der Waals surface area contributed by atoms with Crippen molar-refractivity contribution in [3.63, 3.8) is 0 Å². The molecule has 0 radical (unpaired) electrons. The molecule has 1 aliphatic rings. The van der Waals surface area contributed by atoms with Crippen molar-refractivity contribution < 1.29 is 18.6 Å². The molecule has 1 aliphatic heterocycles. The Morgan fingerprint density at radius 3 is 2.56 bits per heavy atom. The van der Waals surface area contributed by atoms with Crippen molar-refractivity contribution >= 4 is 46.4 Å². The van der Waals surface area contributed by atoms with Crippen LogP contribution < -0.4 is 5.32 Å². The monoisotopic (exact) mass is 423 g/mol. The fourth-order valence-electron chi connectivity index (χ4n) is 2.41. The summed E-state index contributed by atoms with van der Waals surface area (Å²) in [5, 5.41) is 3.47. The van der Waals surface area contributed by atoms with Crippen LogP contribution in [0.15, 0.2) is 24.3 Å². The lowest BCUT2D eigenvalue weighted by atomic mass is 10.1. The Morgan fingerprint density at radius 1 is 1.32 bits per heavy atom. The van der Waals surface area contributed by atoms with E-state index in [4.69, 9.17) is 37.2 Å². The van der Waals surface area contributed by atoms with E-state index < -0.39 is 11.3 Å². The van der Waals surface area contributed by atoms with Gasteiger partial charge in [-0.1, -0.05) is 41.2 Å². The van der Waals surface area contributed by atoms with E-state index in [2.05, 4.69) is 5.32 Å². The summed E-state index contributed by atoms with van der Waals surface area (Å²) in [6, 6.07) is 7.45. The highest BCUT2D eigenvalue weighted by Gasteiger charge is 2.45. The van der Waals surface area contributed by atoms with Gasteiger partial charge < -0.3 is 19.1 Å². The third-order valence-electron chi connectivity index (χ3n) is 3.72. The minimum absolute atomic E-state index is 0.124. The third-order valence-corrected chi connectivity index (χ3v) is 9.70. The van der Waals surface area contributed by atoms with Crippen molar-refractivity contribution in [1.29, 1.82) is 0 Å². The number of carbonyl (C=O) groups excluding carboxylic acids is 1. The molecule has 1 saturated heterocycles. The van der Waals surface area contributed by atoms with Crippen LogP contribution in [-0.2, 0) is 37.0 Å². The lowest BCUT2D eigenvalue weighted by molar-refractivity contribution is -0.140. The van der Waals surface area contributed by atoms with E-state index in [1.165, 1.54) is 11.4 Å². The molecule has 1 N–H and O–H groups in total. The predicted molar refractivity (Wildman–Crippen MR) is 107 cm³/mol. The number of rotatable bonds is 10. The Kier molecular flexibility index (Phi) is 8.21. The standard InChI is InChI=1S/C16H23ClNO4PS2/c1-3-21-23(24,22-4-2)25-12-16(9-10-18-15(16)19)20-11-13-7-5-6-8-14(13)17/h5-8H,3-4,9-12H2,1-2H3,(H,18,19). The SMILES string of the molecule is CCOP(=S)(OCC)SCC1(OCc2ccccc2Cl)CCNC1=O. The fraction of sp³-hybridized carbons (Fsp3) is 0.562. The van der Waals surface area contributed by atoms with Crippen LogP contribution in [0.4, 0.5) is 0 Å². The number of benzene rings is 1. The smallest absolute Gasteiger partial charge is 0.253 e. The highest BCUT2D eigenvalue weighted by Crippen LogP contribution is 2.62. The molecule has 1 aromatic carbocycles. The van der Waals surface area contributed by atoms with Crippen molar-refractivity contribution in [3.05, 3.63) is 34.9 Å². The molecule has 1 amide bonds. The quantitative estimate of drug-likeness (QED) is 0.570. The second-order valence-corrected chi connectivity index (χ2v) is 12.2. The number of carbonyl (C=O) groups is 1. The van der Waals surface area contributed by atoms with E-state index in [9.17, 15) is 4.79 Å². The lowest BCUT2D eigenvalue weighted by Crippen LogP contribution is -2.43. The Balaban J connectivity index is 2.09. The molecule has 1 heterocycles. The molecule has 5 nitrogen and oxygen atoms in total. The van der Waals surface area contributed by atoms with Crippen LogP contribution in [-0.4, -0.2) is 37.0 Å². The molecular weight excluding hydrogens is 401 g/mol. The first-order chi connectivity index (χ1) is 11.9. The maximum absolute atomic E-state index is 12.4. The summed E-state index contributed by atoms with van der Waals surface area (Å²) in [6.07, 6.45) is 0.580. The van der Waals surface area contributed by atoms with Gasteiger partial charge in [-0.2, -0.15) is 0 Å². The molecule has 0 aromatic heterocycles. The van der Waals surface area contributed by atoms with Crippen LogP contribution in [0.3, 0.4) is 0 Å². The van der Waals surface area contributed by atoms with Gasteiger partial charge in [0.15, 0.2) is 5.60 Å². The topological polar surface area (TPSA) is 56.8 Å². The molecule has 1 atom stereocenters. The lowest BCUT2D eigenvalue weighted by Gasteiger charge is -2.29. The van der Waals surface area contributed by atoms with Crippen molar-refractivity contribution in [3.8, 4) is 0 Å². The molecule has 0 saturated carbocycles. The molecule has 9 heteroatoms. The minimum Gasteiger partial charge on any atom is -0.359 e. The summed E-state index contributed by atoms with van der Waals surface area (Å²) in [7, 11) is 0. The number of nitrogens with one attached hydrogen (secondary N) is 1.